The van der Waals surface area contributed by atoms with Crippen molar-refractivity contribution in [2.75, 3.05) is 31.1 Å². The second-order valence-corrected chi connectivity index (χ2v) is 7.53. The van der Waals surface area contributed by atoms with E-state index in [0.29, 0.717) is 32.0 Å². The molecule has 26 heavy (non-hydrogen) atoms. The molecular weight excluding hydrogens is 332 g/mol. The Hall–Kier alpha value is -2.64. The molecule has 0 unspecified atom stereocenters. The quantitative estimate of drug-likeness (QED) is 0.820. The summed E-state index contributed by atoms with van der Waals surface area (Å²) < 4.78 is 7.23. The lowest BCUT2D eigenvalue weighted by molar-refractivity contribution is 0.0240. The van der Waals surface area contributed by atoms with Crippen LogP contribution in [0.1, 0.15) is 32.2 Å². The predicted molar refractivity (Wildman–Crippen MR) is 98.6 cm³/mol. The van der Waals surface area contributed by atoms with Crippen LogP contribution >= 0.6 is 0 Å². The van der Waals surface area contributed by atoms with Crippen LogP contribution in [0.3, 0.4) is 0 Å². The maximum absolute atomic E-state index is 12.2. The molecule has 3 rings (SSSR count). The van der Waals surface area contributed by atoms with Gasteiger partial charge in [-0.2, -0.15) is 5.10 Å². The van der Waals surface area contributed by atoms with Gasteiger partial charge in [-0.15, -0.1) is 0 Å². The van der Waals surface area contributed by atoms with Crippen molar-refractivity contribution in [3.05, 3.63) is 29.8 Å². The van der Waals surface area contributed by atoms with Gasteiger partial charge in [0, 0.05) is 31.9 Å². The first kappa shape index (κ1) is 18.2. The Morgan fingerprint density at radius 2 is 1.73 bits per heavy atom. The minimum absolute atomic E-state index is 0.264. The molecule has 0 bridgehead atoms. The lowest BCUT2D eigenvalue weighted by Crippen LogP contribution is -2.50. The first-order valence-electron chi connectivity index (χ1n) is 8.81. The molecule has 8 heteroatoms. The van der Waals surface area contributed by atoms with Crippen molar-refractivity contribution < 1.29 is 9.53 Å². The lowest BCUT2D eigenvalue weighted by Gasteiger charge is -2.36. The first-order valence-corrected chi connectivity index (χ1v) is 8.81. The van der Waals surface area contributed by atoms with Crippen LogP contribution in [0.5, 0.6) is 0 Å². The summed E-state index contributed by atoms with van der Waals surface area (Å²) in [5, 5.41) is 4.46. The predicted octanol–water partition coefficient (Wildman–Crippen LogP) is 2.34. The van der Waals surface area contributed by atoms with Crippen molar-refractivity contribution in [1.82, 2.24) is 24.6 Å². The smallest absolute Gasteiger partial charge is 0.410 e. The van der Waals surface area contributed by atoms with Crippen molar-refractivity contribution >= 4 is 11.9 Å². The number of piperazine rings is 1. The van der Waals surface area contributed by atoms with E-state index in [9.17, 15) is 4.79 Å². The van der Waals surface area contributed by atoms with Gasteiger partial charge in [0.2, 0.25) is 0 Å². The number of rotatable bonds is 2. The molecule has 140 valence electrons. The third kappa shape index (κ3) is 4.12. The molecule has 8 nitrogen and oxygen atoms in total. The van der Waals surface area contributed by atoms with Gasteiger partial charge < -0.3 is 14.5 Å². The Morgan fingerprint density at radius 1 is 1.08 bits per heavy atom. The van der Waals surface area contributed by atoms with Gasteiger partial charge in [0.1, 0.15) is 11.4 Å². The van der Waals surface area contributed by atoms with E-state index in [1.165, 1.54) is 0 Å². The number of hydrogen-bond donors (Lipinski definition) is 0. The van der Waals surface area contributed by atoms with E-state index in [0.717, 1.165) is 17.2 Å². The molecule has 2 aromatic heterocycles. The molecule has 0 saturated carbocycles. The summed E-state index contributed by atoms with van der Waals surface area (Å²) >= 11 is 0. The Labute approximate surface area is 153 Å². The molecule has 1 aliphatic rings. The van der Waals surface area contributed by atoms with Crippen LogP contribution in [0.4, 0.5) is 10.6 Å². The van der Waals surface area contributed by atoms with Gasteiger partial charge in [-0.05, 0) is 40.7 Å². The lowest BCUT2D eigenvalue weighted by atomic mass is 10.2. The van der Waals surface area contributed by atoms with Crippen molar-refractivity contribution in [3.63, 3.8) is 0 Å². The van der Waals surface area contributed by atoms with Crippen LogP contribution in [-0.4, -0.2) is 62.5 Å². The molecule has 0 radical (unpaired) electrons. The van der Waals surface area contributed by atoms with Crippen molar-refractivity contribution in [2.45, 2.75) is 40.2 Å². The zero-order valence-electron chi connectivity index (χ0n) is 16.1. The molecule has 0 atom stereocenters. The number of anilines is 1. The second-order valence-electron chi connectivity index (χ2n) is 7.53. The number of nitrogens with zero attached hydrogens (tertiary/aromatic N) is 6. The third-order valence-electron chi connectivity index (χ3n) is 4.09. The standard InChI is InChI=1S/C18H26N6O2/c1-13-10-14(2)24(21-13)16-12-19-11-15(20-16)22-6-8-23(9-7-22)17(25)26-18(3,4)5/h10-12H,6-9H2,1-5H3. The molecule has 0 aliphatic carbocycles. The highest BCUT2D eigenvalue weighted by atomic mass is 16.6. The number of ether oxygens (including phenoxy) is 1. The van der Waals surface area contributed by atoms with Gasteiger partial charge in [-0.25, -0.2) is 14.5 Å². The summed E-state index contributed by atoms with van der Waals surface area (Å²) in [5.41, 5.74) is 1.48. The van der Waals surface area contributed by atoms with Crippen molar-refractivity contribution in [1.29, 1.82) is 0 Å². The number of aromatic nitrogens is 4. The topological polar surface area (TPSA) is 76.4 Å². The molecule has 1 aliphatic heterocycles. The normalized spacial score (nSPS) is 15.3. The Balaban J connectivity index is 1.68. The summed E-state index contributed by atoms with van der Waals surface area (Å²) in [5.74, 6) is 1.49. The largest absolute Gasteiger partial charge is 0.444 e. The van der Waals surface area contributed by atoms with Gasteiger partial charge in [-0.3, -0.25) is 4.98 Å². The maximum Gasteiger partial charge on any atom is 0.410 e. The summed E-state index contributed by atoms with van der Waals surface area (Å²) in [4.78, 5) is 25.1. The van der Waals surface area contributed by atoms with Gasteiger partial charge in [0.25, 0.3) is 0 Å². The third-order valence-corrected chi connectivity index (χ3v) is 4.09. The monoisotopic (exact) mass is 358 g/mol. The van der Waals surface area contributed by atoms with Crippen LogP contribution in [0.2, 0.25) is 0 Å². The van der Waals surface area contributed by atoms with Crippen LogP contribution in [-0.2, 0) is 4.74 Å². The summed E-state index contributed by atoms with van der Waals surface area (Å²) in [6.45, 7) is 12.2. The number of amides is 1. The Morgan fingerprint density at radius 3 is 2.31 bits per heavy atom. The molecule has 1 fully saturated rings. The summed E-state index contributed by atoms with van der Waals surface area (Å²) in [7, 11) is 0. The number of hydrogen-bond acceptors (Lipinski definition) is 6. The summed E-state index contributed by atoms with van der Waals surface area (Å²) in [6.07, 6.45) is 3.19. The zero-order valence-corrected chi connectivity index (χ0v) is 16.1. The molecular formula is C18H26N6O2. The van der Waals surface area contributed by atoms with Crippen LogP contribution < -0.4 is 4.90 Å². The van der Waals surface area contributed by atoms with Crippen LogP contribution in [0.25, 0.3) is 5.82 Å². The van der Waals surface area contributed by atoms with Crippen molar-refractivity contribution in [2.24, 2.45) is 0 Å². The molecule has 0 N–H and O–H groups in total. The SMILES string of the molecule is Cc1cc(C)n(-c2cncc(N3CCN(C(=O)OC(C)(C)C)CC3)n2)n1. The minimum Gasteiger partial charge on any atom is -0.444 e. The number of aryl methyl sites for hydroxylation is 2. The fourth-order valence-corrected chi connectivity index (χ4v) is 2.91. The minimum atomic E-state index is -0.478. The second kappa shape index (κ2) is 6.93. The highest BCUT2D eigenvalue weighted by molar-refractivity contribution is 5.68. The highest BCUT2D eigenvalue weighted by Crippen LogP contribution is 2.17. The van der Waals surface area contributed by atoms with Crippen molar-refractivity contribution in [3.8, 4) is 5.82 Å². The highest BCUT2D eigenvalue weighted by Gasteiger charge is 2.26. The molecule has 0 aromatic carbocycles. The van der Waals surface area contributed by atoms with E-state index in [1.807, 2.05) is 40.7 Å². The van der Waals surface area contributed by atoms with E-state index in [-0.39, 0.29) is 6.09 Å². The summed E-state index contributed by atoms with van der Waals surface area (Å²) in [6, 6.07) is 2.01. The fourth-order valence-electron chi connectivity index (χ4n) is 2.91. The van der Waals surface area contributed by atoms with Crippen LogP contribution in [0, 0.1) is 13.8 Å². The molecule has 3 heterocycles. The van der Waals surface area contributed by atoms with Gasteiger partial charge in [-0.1, -0.05) is 0 Å². The van der Waals surface area contributed by atoms with Crippen LogP contribution in [0.15, 0.2) is 18.5 Å². The van der Waals surface area contributed by atoms with Gasteiger partial charge in [0.15, 0.2) is 5.82 Å². The van der Waals surface area contributed by atoms with E-state index < -0.39 is 5.60 Å². The number of carbonyl (C=O) groups excluding carboxylic acids is 1. The van der Waals surface area contributed by atoms with Gasteiger partial charge in [0.05, 0.1) is 18.1 Å². The zero-order chi connectivity index (χ0) is 18.9. The van der Waals surface area contributed by atoms with E-state index in [4.69, 9.17) is 9.72 Å². The molecule has 1 amide bonds. The Bertz CT molecular complexity index is 787. The average Bonchev–Trinajstić information content (AvgIpc) is 2.92. The van der Waals surface area contributed by atoms with Gasteiger partial charge >= 0.3 is 6.09 Å². The molecule has 0 spiro atoms. The average molecular weight is 358 g/mol. The molecule has 1 saturated heterocycles. The Kier molecular flexibility index (Phi) is 4.84. The fraction of sp³-hybridized carbons (Fsp3) is 0.556. The van der Waals surface area contributed by atoms with E-state index in [2.05, 4.69) is 15.0 Å². The maximum atomic E-state index is 12.2. The molecule has 2 aromatic rings. The number of carbonyl (C=O) groups is 1. The first-order chi connectivity index (χ1) is 12.2. The van der Waals surface area contributed by atoms with E-state index >= 15 is 0 Å². The van der Waals surface area contributed by atoms with E-state index in [1.54, 1.807) is 22.0 Å².